The van der Waals surface area contributed by atoms with Crippen LogP contribution in [0.4, 0.5) is 5.69 Å². The molecule has 3 nitrogen and oxygen atoms in total. The number of halogens is 2. The second-order valence-electron chi connectivity index (χ2n) is 4.05. The fourth-order valence-corrected chi connectivity index (χ4v) is 2.47. The molecule has 0 aliphatic carbocycles. The monoisotopic (exact) mass is 399 g/mol. The first kappa shape index (κ1) is 15.2. The largest absolute Gasteiger partial charge is 0.493 e. The number of anilines is 1. The summed E-state index contributed by atoms with van der Waals surface area (Å²) in [6.07, 6.45) is 0. The Kier molecular flexibility index (Phi) is 5.73. The van der Waals surface area contributed by atoms with E-state index in [1.807, 2.05) is 42.5 Å². The van der Waals surface area contributed by atoms with Gasteiger partial charge in [-0.05, 0) is 46.3 Å². The summed E-state index contributed by atoms with van der Waals surface area (Å²) in [6.45, 7) is 1.26. The van der Waals surface area contributed by atoms with Crippen molar-refractivity contribution >= 4 is 37.5 Å². The van der Waals surface area contributed by atoms with Gasteiger partial charge in [0.05, 0.1) is 7.11 Å². The molecule has 0 aliphatic heterocycles. The number of rotatable bonds is 6. The number of nitrogens with one attached hydrogen (secondary N) is 1. The van der Waals surface area contributed by atoms with E-state index in [-0.39, 0.29) is 0 Å². The summed E-state index contributed by atoms with van der Waals surface area (Å²) in [5.74, 6) is 1.50. The van der Waals surface area contributed by atoms with Crippen molar-refractivity contribution in [2.45, 2.75) is 0 Å². The first-order valence-electron chi connectivity index (χ1n) is 6.15. The molecule has 20 heavy (non-hydrogen) atoms. The van der Waals surface area contributed by atoms with Gasteiger partial charge in [-0.15, -0.1) is 0 Å². The highest BCUT2D eigenvalue weighted by Crippen LogP contribution is 2.27. The lowest BCUT2D eigenvalue weighted by Gasteiger charge is -2.12. The van der Waals surface area contributed by atoms with E-state index in [1.54, 1.807) is 7.11 Å². The van der Waals surface area contributed by atoms with Gasteiger partial charge in [-0.25, -0.2) is 0 Å². The van der Waals surface area contributed by atoms with Gasteiger partial charge in [0.2, 0.25) is 0 Å². The Balaban J connectivity index is 1.86. The van der Waals surface area contributed by atoms with Gasteiger partial charge < -0.3 is 14.8 Å². The van der Waals surface area contributed by atoms with Crippen LogP contribution in [0, 0.1) is 0 Å². The third-order valence-electron chi connectivity index (χ3n) is 2.67. The van der Waals surface area contributed by atoms with E-state index in [0.717, 1.165) is 26.1 Å². The van der Waals surface area contributed by atoms with Crippen LogP contribution in [0.2, 0.25) is 0 Å². The Bertz CT molecular complexity index is 576. The highest BCUT2D eigenvalue weighted by atomic mass is 79.9. The molecule has 0 saturated carbocycles. The molecule has 2 rings (SSSR count). The molecular formula is C15H15Br2NO2. The van der Waals surface area contributed by atoms with Crippen LogP contribution >= 0.6 is 31.9 Å². The molecule has 0 aromatic heterocycles. The maximum absolute atomic E-state index is 5.71. The van der Waals surface area contributed by atoms with Crippen LogP contribution in [0.3, 0.4) is 0 Å². The lowest BCUT2D eigenvalue weighted by atomic mass is 10.3. The molecule has 0 saturated heterocycles. The van der Waals surface area contributed by atoms with Crippen molar-refractivity contribution < 1.29 is 9.47 Å². The van der Waals surface area contributed by atoms with Crippen LogP contribution in [0.5, 0.6) is 11.5 Å². The molecule has 0 spiro atoms. The smallest absolute Gasteiger partial charge is 0.161 e. The van der Waals surface area contributed by atoms with Crippen molar-refractivity contribution in [3.05, 3.63) is 51.4 Å². The second-order valence-corrected chi connectivity index (χ2v) is 5.82. The normalized spacial score (nSPS) is 10.2. The van der Waals surface area contributed by atoms with Crippen molar-refractivity contribution in [1.82, 2.24) is 0 Å². The molecule has 0 atom stereocenters. The summed E-state index contributed by atoms with van der Waals surface area (Å²) >= 11 is 6.96. The minimum Gasteiger partial charge on any atom is -0.493 e. The standard InChI is InChI=1S/C15H15Br2NO2/c1-19-14-4-2-3-5-15(14)20-9-8-18-13-10-11(16)6-7-12(13)17/h2-7,10,18H,8-9H2,1H3. The van der Waals surface area contributed by atoms with Crippen LogP contribution in [0.25, 0.3) is 0 Å². The van der Waals surface area contributed by atoms with E-state index in [4.69, 9.17) is 9.47 Å². The highest BCUT2D eigenvalue weighted by molar-refractivity contribution is 9.11. The van der Waals surface area contributed by atoms with E-state index in [0.29, 0.717) is 13.2 Å². The Hall–Kier alpha value is -1.20. The van der Waals surface area contributed by atoms with Crippen LogP contribution < -0.4 is 14.8 Å². The number of ether oxygens (including phenoxy) is 2. The summed E-state index contributed by atoms with van der Waals surface area (Å²) in [5, 5.41) is 3.32. The number of hydrogen-bond acceptors (Lipinski definition) is 3. The SMILES string of the molecule is COc1ccccc1OCCNc1cc(Br)ccc1Br. The number of hydrogen-bond donors (Lipinski definition) is 1. The van der Waals surface area contributed by atoms with E-state index in [2.05, 4.69) is 37.2 Å². The molecule has 0 radical (unpaired) electrons. The van der Waals surface area contributed by atoms with E-state index in [1.165, 1.54) is 0 Å². The summed E-state index contributed by atoms with van der Waals surface area (Å²) in [5.41, 5.74) is 1.03. The predicted molar refractivity (Wildman–Crippen MR) is 88.8 cm³/mol. The van der Waals surface area contributed by atoms with Crippen molar-refractivity contribution in [2.24, 2.45) is 0 Å². The summed E-state index contributed by atoms with van der Waals surface area (Å²) in [7, 11) is 1.64. The Morgan fingerprint density at radius 2 is 1.80 bits per heavy atom. The van der Waals surface area contributed by atoms with Crippen molar-refractivity contribution in [1.29, 1.82) is 0 Å². The average molecular weight is 401 g/mol. The van der Waals surface area contributed by atoms with Crippen LogP contribution in [-0.4, -0.2) is 20.3 Å². The minimum absolute atomic E-state index is 0.555. The average Bonchev–Trinajstić information content (AvgIpc) is 2.47. The molecule has 2 aromatic carbocycles. The zero-order valence-electron chi connectivity index (χ0n) is 11.0. The summed E-state index contributed by atoms with van der Waals surface area (Å²) in [6, 6.07) is 13.6. The molecule has 5 heteroatoms. The van der Waals surface area contributed by atoms with Gasteiger partial charge in [-0.1, -0.05) is 28.1 Å². The predicted octanol–water partition coefficient (Wildman–Crippen LogP) is 4.71. The lowest BCUT2D eigenvalue weighted by molar-refractivity contribution is 0.306. The van der Waals surface area contributed by atoms with Gasteiger partial charge in [0.15, 0.2) is 11.5 Å². The fourth-order valence-electron chi connectivity index (χ4n) is 1.72. The zero-order chi connectivity index (χ0) is 14.4. The maximum atomic E-state index is 5.71. The Morgan fingerprint density at radius 1 is 1.05 bits per heavy atom. The molecule has 1 N–H and O–H groups in total. The number of methoxy groups -OCH3 is 1. The van der Waals surface area contributed by atoms with Crippen molar-refractivity contribution in [2.75, 3.05) is 25.6 Å². The van der Waals surface area contributed by atoms with Gasteiger partial charge in [0.25, 0.3) is 0 Å². The van der Waals surface area contributed by atoms with Gasteiger partial charge in [0.1, 0.15) is 6.61 Å². The van der Waals surface area contributed by atoms with E-state index >= 15 is 0 Å². The van der Waals surface area contributed by atoms with Gasteiger partial charge in [-0.3, -0.25) is 0 Å². The molecule has 0 bridgehead atoms. The third kappa shape index (κ3) is 4.15. The zero-order valence-corrected chi connectivity index (χ0v) is 14.2. The van der Waals surface area contributed by atoms with Crippen LogP contribution in [-0.2, 0) is 0 Å². The van der Waals surface area contributed by atoms with Crippen molar-refractivity contribution in [3.8, 4) is 11.5 Å². The number of para-hydroxylation sites is 2. The molecule has 106 valence electrons. The van der Waals surface area contributed by atoms with E-state index < -0.39 is 0 Å². The van der Waals surface area contributed by atoms with Gasteiger partial charge >= 0.3 is 0 Å². The Morgan fingerprint density at radius 3 is 2.55 bits per heavy atom. The highest BCUT2D eigenvalue weighted by Gasteiger charge is 2.03. The third-order valence-corrected chi connectivity index (χ3v) is 3.86. The summed E-state index contributed by atoms with van der Waals surface area (Å²) in [4.78, 5) is 0. The molecule has 2 aromatic rings. The molecule has 0 fully saturated rings. The molecule has 0 heterocycles. The minimum atomic E-state index is 0.555. The van der Waals surface area contributed by atoms with E-state index in [9.17, 15) is 0 Å². The fraction of sp³-hybridized carbons (Fsp3) is 0.200. The second kappa shape index (κ2) is 7.55. The lowest BCUT2D eigenvalue weighted by Crippen LogP contribution is -2.12. The molecule has 0 aliphatic rings. The van der Waals surface area contributed by atoms with Crippen molar-refractivity contribution in [3.63, 3.8) is 0 Å². The van der Waals surface area contributed by atoms with Gasteiger partial charge in [0, 0.05) is 21.2 Å². The quantitative estimate of drug-likeness (QED) is 0.712. The molecule has 0 unspecified atom stereocenters. The first-order valence-corrected chi connectivity index (χ1v) is 7.74. The Labute approximate surface area is 135 Å². The number of benzene rings is 2. The molecule has 0 amide bonds. The summed E-state index contributed by atoms with van der Waals surface area (Å²) < 4.78 is 13.0. The van der Waals surface area contributed by atoms with Crippen LogP contribution in [0.15, 0.2) is 51.4 Å². The maximum Gasteiger partial charge on any atom is 0.161 e. The van der Waals surface area contributed by atoms with Crippen LogP contribution in [0.1, 0.15) is 0 Å². The first-order chi connectivity index (χ1) is 9.70. The topological polar surface area (TPSA) is 30.5 Å². The molecular weight excluding hydrogens is 386 g/mol. The van der Waals surface area contributed by atoms with Gasteiger partial charge in [-0.2, -0.15) is 0 Å².